The number of carbonyl (C=O) groups excluding carboxylic acids is 1. The van der Waals surface area contributed by atoms with E-state index in [1.807, 2.05) is 0 Å². The Kier molecular flexibility index (Phi) is 4.68. The van der Waals surface area contributed by atoms with E-state index < -0.39 is 0 Å². The van der Waals surface area contributed by atoms with E-state index in [1.54, 1.807) is 11.0 Å². The van der Waals surface area contributed by atoms with Gasteiger partial charge in [-0.05, 0) is 37.1 Å². The molecule has 1 atom stereocenters. The molecule has 1 fully saturated rings. The maximum Gasteiger partial charge on any atom is 0.253 e. The molecule has 0 saturated carbocycles. The molecule has 1 aromatic carbocycles. The minimum atomic E-state index is -0.331. The van der Waals surface area contributed by atoms with Crippen LogP contribution in [0.1, 0.15) is 23.2 Å². The van der Waals surface area contributed by atoms with Gasteiger partial charge < -0.3 is 9.64 Å². The van der Waals surface area contributed by atoms with E-state index in [4.69, 9.17) is 4.74 Å². The molecule has 1 amide bonds. The molecule has 0 radical (unpaired) electrons. The number of hydrogen-bond donors (Lipinski definition) is 0. The van der Waals surface area contributed by atoms with Gasteiger partial charge in [-0.2, -0.15) is 0 Å². The summed E-state index contributed by atoms with van der Waals surface area (Å²) in [5.41, 5.74) is 0.519. The molecule has 1 heterocycles. The number of hydrogen-bond acceptors (Lipinski definition) is 2. The monoisotopic (exact) mass is 263 g/mol. The SMILES string of the molecule is C=CCOC1CCCN(C(=O)c2ccc(F)cc2)C1. The van der Waals surface area contributed by atoms with Crippen molar-refractivity contribution in [1.82, 2.24) is 4.90 Å². The van der Waals surface area contributed by atoms with Crippen molar-refractivity contribution in [1.29, 1.82) is 0 Å². The Morgan fingerprint density at radius 1 is 1.47 bits per heavy atom. The summed E-state index contributed by atoms with van der Waals surface area (Å²) in [4.78, 5) is 14.0. The van der Waals surface area contributed by atoms with Crippen LogP contribution in [0.4, 0.5) is 4.39 Å². The summed E-state index contributed by atoms with van der Waals surface area (Å²) in [6.45, 7) is 5.43. The summed E-state index contributed by atoms with van der Waals surface area (Å²) >= 11 is 0. The minimum absolute atomic E-state index is 0.0631. The summed E-state index contributed by atoms with van der Waals surface area (Å²) in [6, 6.07) is 5.66. The molecule has 1 aromatic rings. The number of carbonyl (C=O) groups is 1. The average molecular weight is 263 g/mol. The zero-order valence-corrected chi connectivity index (χ0v) is 10.8. The Hall–Kier alpha value is -1.68. The lowest BCUT2D eigenvalue weighted by atomic mass is 10.1. The molecule has 1 aliphatic heterocycles. The zero-order valence-electron chi connectivity index (χ0n) is 10.8. The number of amides is 1. The largest absolute Gasteiger partial charge is 0.372 e. The third-order valence-corrected chi connectivity index (χ3v) is 3.21. The van der Waals surface area contributed by atoms with Gasteiger partial charge in [-0.3, -0.25) is 4.79 Å². The van der Waals surface area contributed by atoms with Gasteiger partial charge in [0, 0.05) is 18.7 Å². The molecule has 0 aliphatic carbocycles. The number of ether oxygens (including phenoxy) is 1. The maximum absolute atomic E-state index is 12.8. The van der Waals surface area contributed by atoms with Crippen LogP contribution in [-0.4, -0.2) is 36.6 Å². The third-order valence-electron chi connectivity index (χ3n) is 3.21. The van der Waals surface area contributed by atoms with Crippen LogP contribution >= 0.6 is 0 Å². The maximum atomic E-state index is 12.8. The van der Waals surface area contributed by atoms with Crippen molar-refractivity contribution in [2.75, 3.05) is 19.7 Å². The van der Waals surface area contributed by atoms with E-state index >= 15 is 0 Å². The summed E-state index contributed by atoms with van der Waals surface area (Å²) in [7, 11) is 0. The molecular formula is C15H18FNO2. The number of piperidine rings is 1. The standard InChI is InChI=1S/C15H18FNO2/c1-2-10-19-14-4-3-9-17(11-14)15(18)12-5-7-13(16)8-6-12/h2,5-8,14H,1,3-4,9-11H2. The summed E-state index contributed by atoms with van der Waals surface area (Å²) in [5, 5.41) is 0. The Morgan fingerprint density at radius 2 is 2.21 bits per heavy atom. The second-order valence-corrected chi connectivity index (χ2v) is 4.64. The van der Waals surface area contributed by atoms with E-state index in [2.05, 4.69) is 6.58 Å². The molecule has 1 saturated heterocycles. The van der Waals surface area contributed by atoms with Gasteiger partial charge in [0.25, 0.3) is 5.91 Å². The topological polar surface area (TPSA) is 29.5 Å². The first kappa shape index (κ1) is 13.7. The lowest BCUT2D eigenvalue weighted by molar-refractivity contribution is 0.0134. The zero-order chi connectivity index (χ0) is 13.7. The van der Waals surface area contributed by atoms with Gasteiger partial charge in [-0.15, -0.1) is 6.58 Å². The molecule has 4 heteroatoms. The molecule has 3 nitrogen and oxygen atoms in total. The van der Waals surface area contributed by atoms with E-state index in [0.29, 0.717) is 18.7 Å². The Labute approximate surface area is 112 Å². The molecule has 0 bridgehead atoms. The first-order valence-corrected chi connectivity index (χ1v) is 6.48. The lowest BCUT2D eigenvalue weighted by Crippen LogP contribution is -2.43. The van der Waals surface area contributed by atoms with Gasteiger partial charge >= 0.3 is 0 Å². The first-order chi connectivity index (χ1) is 9.20. The lowest BCUT2D eigenvalue weighted by Gasteiger charge is -2.32. The molecule has 0 N–H and O–H groups in total. The summed E-state index contributed by atoms with van der Waals surface area (Å²) in [6.07, 6.45) is 3.66. The van der Waals surface area contributed by atoms with Crippen molar-refractivity contribution >= 4 is 5.91 Å². The predicted octanol–water partition coefficient (Wildman–Crippen LogP) is 2.63. The molecule has 1 unspecified atom stereocenters. The fourth-order valence-corrected chi connectivity index (χ4v) is 2.24. The van der Waals surface area contributed by atoms with Crippen LogP contribution in [0.2, 0.25) is 0 Å². The Morgan fingerprint density at radius 3 is 2.89 bits per heavy atom. The fourth-order valence-electron chi connectivity index (χ4n) is 2.24. The normalized spacial score (nSPS) is 19.2. The highest BCUT2D eigenvalue weighted by Gasteiger charge is 2.24. The van der Waals surface area contributed by atoms with Crippen LogP contribution in [-0.2, 0) is 4.74 Å². The van der Waals surface area contributed by atoms with Crippen molar-refractivity contribution in [2.24, 2.45) is 0 Å². The molecule has 0 aromatic heterocycles. The molecule has 0 spiro atoms. The van der Waals surface area contributed by atoms with E-state index in [1.165, 1.54) is 24.3 Å². The molecule has 1 aliphatic rings. The van der Waals surface area contributed by atoms with E-state index in [-0.39, 0.29) is 17.8 Å². The van der Waals surface area contributed by atoms with Crippen molar-refractivity contribution < 1.29 is 13.9 Å². The molecule has 102 valence electrons. The number of benzene rings is 1. The second kappa shape index (κ2) is 6.48. The van der Waals surface area contributed by atoms with Crippen molar-refractivity contribution in [2.45, 2.75) is 18.9 Å². The van der Waals surface area contributed by atoms with Gasteiger partial charge in [0.1, 0.15) is 5.82 Å². The fraction of sp³-hybridized carbons (Fsp3) is 0.400. The highest BCUT2D eigenvalue weighted by molar-refractivity contribution is 5.94. The van der Waals surface area contributed by atoms with Gasteiger partial charge in [0.05, 0.1) is 12.7 Å². The second-order valence-electron chi connectivity index (χ2n) is 4.64. The third kappa shape index (κ3) is 3.64. The van der Waals surface area contributed by atoms with Gasteiger partial charge in [-0.25, -0.2) is 4.39 Å². The number of likely N-dealkylation sites (tertiary alicyclic amines) is 1. The van der Waals surface area contributed by atoms with Crippen LogP contribution in [0.5, 0.6) is 0 Å². The highest BCUT2D eigenvalue weighted by atomic mass is 19.1. The van der Waals surface area contributed by atoms with E-state index in [0.717, 1.165) is 19.4 Å². The van der Waals surface area contributed by atoms with Crippen LogP contribution in [0, 0.1) is 5.82 Å². The highest BCUT2D eigenvalue weighted by Crippen LogP contribution is 2.16. The van der Waals surface area contributed by atoms with Gasteiger partial charge in [0.15, 0.2) is 0 Å². The molecule has 2 rings (SSSR count). The summed E-state index contributed by atoms with van der Waals surface area (Å²) < 4.78 is 18.4. The minimum Gasteiger partial charge on any atom is -0.372 e. The van der Waals surface area contributed by atoms with Crippen molar-refractivity contribution in [3.8, 4) is 0 Å². The first-order valence-electron chi connectivity index (χ1n) is 6.48. The van der Waals surface area contributed by atoms with Crippen LogP contribution in [0.3, 0.4) is 0 Å². The summed E-state index contributed by atoms with van der Waals surface area (Å²) in [5.74, 6) is -0.394. The Balaban J connectivity index is 1.98. The van der Waals surface area contributed by atoms with E-state index in [9.17, 15) is 9.18 Å². The Bertz CT molecular complexity index is 444. The molecule has 19 heavy (non-hydrogen) atoms. The smallest absolute Gasteiger partial charge is 0.253 e. The predicted molar refractivity (Wildman–Crippen MR) is 71.5 cm³/mol. The quantitative estimate of drug-likeness (QED) is 0.782. The van der Waals surface area contributed by atoms with Crippen molar-refractivity contribution in [3.63, 3.8) is 0 Å². The van der Waals surface area contributed by atoms with Gasteiger partial charge in [-0.1, -0.05) is 6.08 Å². The van der Waals surface area contributed by atoms with Gasteiger partial charge in [0.2, 0.25) is 0 Å². The van der Waals surface area contributed by atoms with Crippen molar-refractivity contribution in [3.05, 3.63) is 48.3 Å². The van der Waals surface area contributed by atoms with Crippen LogP contribution in [0.15, 0.2) is 36.9 Å². The van der Waals surface area contributed by atoms with Crippen LogP contribution < -0.4 is 0 Å². The number of rotatable bonds is 4. The number of halogens is 1. The molecular weight excluding hydrogens is 245 g/mol. The average Bonchev–Trinajstić information content (AvgIpc) is 2.45. The van der Waals surface area contributed by atoms with Crippen LogP contribution in [0.25, 0.3) is 0 Å². The number of nitrogens with zero attached hydrogens (tertiary/aromatic N) is 1.